The standard InChI is InChI=1S/C19H31NO/c1-16(20-15-19(10-11-19)12-13-21-4)14-18(2,3)17-8-6-5-7-9-17/h5-9,16,20H,10-15H2,1-4H3. The Morgan fingerprint density at radius 3 is 2.48 bits per heavy atom. The van der Waals surface area contributed by atoms with E-state index < -0.39 is 0 Å². The van der Waals surface area contributed by atoms with Gasteiger partial charge in [0, 0.05) is 26.3 Å². The van der Waals surface area contributed by atoms with Gasteiger partial charge in [-0.05, 0) is 49.0 Å². The summed E-state index contributed by atoms with van der Waals surface area (Å²) in [5.41, 5.74) is 2.18. The number of hydrogen-bond donors (Lipinski definition) is 1. The van der Waals surface area contributed by atoms with Gasteiger partial charge in [-0.3, -0.25) is 0 Å². The number of benzene rings is 1. The second-order valence-electron chi connectivity index (χ2n) is 7.48. The molecule has 2 nitrogen and oxygen atoms in total. The molecular weight excluding hydrogens is 258 g/mol. The maximum absolute atomic E-state index is 5.24. The molecule has 0 heterocycles. The Morgan fingerprint density at radius 1 is 1.24 bits per heavy atom. The zero-order valence-corrected chi connectivity index (χ0v) is 14.1. The molecule has 0 aliphatic heterocycles. The molecule has 1 fully saturated rings. The first-order chi connectivity index (χ1) is 9.97. The Labute approximate surface area is 130 Å². The fourth-order valence-electron chi connectivity index (χ4n) is 3.25. The Balaban J connectivity index is 1.80. The van der Waals surface area contributed by atoms with E-state index in [1.807, 2.05) is 0 Å². The molecule has 1 aliphatic carbocycles. The molecule has 0 radical (unpaired) electrons. The van der Waals surface area contributed by atoms with Crippen LogP contribution in [0.4, 0.5) is 0 Å². The first kappa shape index (κ1) is 16.5. The summed E-state index contributed by atoms with van der Waals surface area (Å²) < 4.78 is 5.24. The minimum Gasteiger partial charge on any atom is -0.385 e. The van der Waals surface area contributed by atoms with Crippen molar-refractivity contribution in [1.82, 2.24) is 5.32 Å². The maximum atomic E-state index is 5.24. The van der Waals surface area contributed by atoms with Crippen molar-refractivity contribution < 1.29 is 4.74 Å². The van der Waals surface area contributed by atoms with E-state index >= 15 is 0 Å². The van der Waals surface area contributed by atoms with Crippen molar-refractivity contribution in [3.05, 3.63) is 35.9 Å². The highest BCUT2D eigenvalue weighted by Gasteiger charge is 2.41. The van der Waals surface area contributed by atoms with E-state index in [1.165, 1.54) is 24.8 Å². The summed E-state index contributed by atoms with van der Waals surface area (Å²) in [6.45, 7) is 9.04. The smallest absolute Gasteiger partial charge is 0.0468 e. The van der Waals surface area contributed by atoms with E-state index in [-0.39, 0.29) is 5.41 Å². The second-order valence-corrected chi connectivity index (χ2v) is 7.48. The van der Waals surface area contributed by atoms with Crippen molar-refractivity contribution in [1.29, 1.82) is 0 Å². The SMILES string of the molecule is COCCC1(CNC(C)CC(C)(C)c2ccccc2)CC1. The van der Waals surface area contributed by atoms with Gasteiger partial charge in [0.05, 0.1) is 0 Å². The zero-order chi connectivity index (χ0) is 15.3. The van der Waals surface area contributed by atoms with Crippen LogP contribution in [0.3, 0.4) is 0 Å². The van der Waals surface area contributed by atoms with Crippen LogP contribution in [0.5, 0.6) is 0 Å². The largest absolute Gasteiger partial charge is 0.385 e. The minimum atomic E-state index is 0.219. The first-order valence-electron chi connectivity index (χ1n) is 8.25. The lowest BCUT2D eigenvalue weighted by Gasteiger charge is -2.30. The van der Waals surface area contributed by atoms with Crippen LogP contribution in [0.2, 0.25) is 0 Å². The van der Waals surface area contributed by atoms with E-state index in [4.69, 9.17) is 4.74 Å². The predicted molar refractivity (Wildman–Crippen MR) is 89.7 cm³/mol. The van der Waals surface area contributed by atoms with Crippen molar-refractivity contribution in [2.75, 3.05) is 20.3 Å². The molecule has 1 aromatic rings. The molecule has 2 rings (SSSR count). The minimum absolute atomic E-state index is 0.219. The summed E-state index contributed by atoms with van der Waals surface area (Å²) in [6, 6.07) is 11.4. The number of rotatable bonds is 9. The number of methoxy groups -OCH3 is 1. The van der Waals surface area contributed by atoms with Crippen molar-refractivity contribution in [3.63, 3.8) is 0 Å². The highest BCUT2D eigenvalue weighted by molar-refractivity contribution is 5.23. The van der Waals surface area contributed by atoms with E-state index in [1.54, 1.807) is 7.11 Å². The van der Waals surface area contributed by atoms with Crippen LogP contribution in [0.25, 0.3) is 0 Å². The summed E-state index contributed by atoms with van der Waals surface area (Å²) >= 11 is 0. The number of nitrogens with one attached hydrogen (secondary N) is 1. The summed E-state index contributed by atoms with van der Waals surface area (Å²) in [5, 5.41) is 3.76. The molecule has 118 valence electrons. The van der Waals surface area contributed by atoms with Crippen molar-refractivity contribution in [2.45, 2.75) is 57.9 Å². The van der Waals surface area contributed by atoms with Gasteiger partial charge in [0.15, 0.2) is 0 Å². The molecule has 1 N–H and O–H groups in total. The third-order valence-electron chi connectivity index (χ3n) is 4.99. The second kappa shape index (κ2) is 6.93. The van der Waals surface area contributed by atoms with Crippen molar-refractivity contribution >= 4 is 0 Å². The highest BCUT2D eigenvalue weighted by Crippen LogP contribution is 2.48. The molecule has 1 unspecified atom stereocenters. The fraction of sp³-hybridized carbons (Fsp3) is 0.684. The average molecular weight is 289 g/mol. The molecule has 0 bridgehead atoms. The molecule has 1 aromatic carbocycles. The fourth-order valence-corrected chi connectivity index (χ4v) is 3.25. The van der Waals surface area contributed by atoms with Gasteiger partial charge in [0.2, 0.25) is 0 Å². The molecule has 1 aliphatic rings. The van der Waals surface area contributed by atoms with Crippen LogP contribution in [0.15, 0.2) is 30.3 Å². The molecule has 0 amide bonds. The van der Waals surface area contributed by atoms with Gasteiger partial charge in [0.25, 0.3) is 0 Å². The van der Waals surface area contributed by atoms with Crippen LogP contribution in [-0.2, 0) is 10.2 Å². The normalized spacial score (nSPS) is 18.5. The van der Waals surface area contributed by atoms with Gasteiger partial charge < -0.3 is 10.1 Å². The Morgan fingerprint density at radius 2 is 1.90 bits per heavy atom. The lowest BCUT2D eigenvalue weighted by atomic mass is 9.79. The quantitative estimate of drug-likeness (QED) is 0.737. The van der Waals surface area contributed by atoms with Crippen LogP contribution >= 0.6 is 0 Å². The lowest BCUT2D eigenvalue weighted by Crippen LogP contribution is -2.37. The molecule has 0 spiro atoms. The predicted octanol–water partition coefficient (Wildman–Crippen LogP) is 4.15. The van der Waals surface area contributed by atoms with Gasteiger partial charge in [-0.1, -0.05) is 44.2 Å². The van der Waals surface area contributed by atoms with E-state index in [0.29, 0.717) is 11.5 Å². The number of hydrogen-bond acceptors (Lipinski definition) is 2. The Hall–Kier alpha value is -0.860. The van der Waals surface area contributed by atoms with Crippen LogP contribution in [0, 0.1) is 5.41 Å². The monoisotopic (exact) mass is 289 g/mol. The highest BCUT2D eigenvalue weighted by atomic mass is 16.5. The van der Waals surface area contributed by atoms with Crippen LogP contribution in [-0.4, -0.2) is 26.3 Å². The van der Waals surface area contributed by atoms with Crippen molar-refractivity contribution in [3.8, 4) is 0 Å². The zero-order valence-electron chi connectivity index (χ0n) is 14.1. The summed E-state index contributed by atoms with van der Waals surface area (Å²) in [4.78, 5) is 0. The topological polar surface area (TPSA) is 21.3 Å². The lowest BCUT2D eigenvalue weighted by molar-refractivity contribution is 0.169. The van der Waals surface area contributed by atoms with E-state index in [2.05, 4.69) is 56.4 Å². The van der Waals surface area contributed by atoms with Crippen LogP contribution < -0.4 is 5.32 Å². The maximum Gasteiger partial charge on any atom is 0.0468 e. The third-order valence-corrected chi connectivity index (χ3v) is 4.99. The molecular formula is C19H31NO. The van der Waals surface area contributed by atoms with Crippen molar-refractivity contribution in [2.24, 2.45) is 5.41 Å². The first-order valence-corrected chi connectivity index (χ1v) is 8.25. The van der Waals surface area contributed by atoms with E-state index in [0.717, 1.165) is 19.6 Å². The third kappa shape index (κ3) is 4.82. The van der Waals surface area contributed by atoms with Gasteiger partial charge >= 0.3 is 0 Å². The van der Waals surface area contributed by atoms with Crippen LogP contribution in [0.1, 0.15) is 52.0 Å². The summed E-state index contributed by atoms with van der Waals surface area (Å²) in [7, 11) is 1.80. The van der Waals surface area contributed by atoms with Gasteiger partial charge in [-0.2, -0.15) is 0 Å². The Bertz CT molecular complexity index is 422. The molecule has 2 heteroatoms. The molecule has 0 aromatic heterocycles. The number of ether oxygens (including phenoxy) is 1. The molecule has 1 atom stereocenters. The Kier molecular flexibility index (Phi) is 5.45. The van der Waals surface area contributed by atoms with Gasteiger partial charge in [0.1, 0.15) is 0 Å². The average Bonchev–Trinajstić information content (AvgIpc) is 3.24. The van der Waals surface area contributed by atoms with Gasteiger partial charge in [-0.15, -0.1) is 0 Å². The molecule has 1 saturated carbocycles. The summed E-state index contributed by atoms with van der Waals surface area (Å²) in [5.74, 6) is 0. The molecule has 0 saturated heterocycles. The van der Waals surface area contributed by atoms with E-state index in [9.17, 15) is 0 Å². The van der Waals surface area contributed by atoms with Gasteiger partial charge in [-0.25, -0.2) is 0 Å². The molecule has 21 heavy (non-hydrogen) atoms. The summed E-state index contributed by atoms with van der Waals surface area (Å²) in [6.07, 6.45) is 5.08.